The van der Waals surface area contributed by atoms with Crippen molar-refractivity contribution in [3.63, 3.8) is 0 Å². The molecule has 0 atom stereocenters. The molecule has 1 aliphatic rings. The first-order chi connectivity index (χ1) is 8.12. The van der Waals surface area contributed by atoms with E-state index in [1.54, 1.807) is 6.92 Å². The first kappa shape index (κ1) is 13.5. The molecule has 0 saturated heterocycles. The van der Waals surface area contributed by atoms with E-state index in [0.29, 0.717) is 12.8 Å². The summed E-state index contributed by atoms with van der Waals surface area (Å²) >= 11 is 0. The third-order valence-corrected chi connectivity index (χ3v) is 2.91. The maximum Gasteiger partial charge on any atom is 0.315 e. The van der Waals surface area contributed by atoms with E-state index >= 15 is 0 Å². The maximum absolute atomic E-state index is 11.6. The molecule has 1 fully saturated rings. The van der Waals surface area contributed by atoms with Crippen LogP contribution in [0, 0.1) is 11.3 Å². The monoisotopic (exact) mass is 238 g/mol. The fourth-order valence-corrected chi connectivity index (χ4v) is 2.07. The summed E-state index contributed by atoms with van der Waals surface area (Å²) in [5, 5.41) is 11.8. The van der Waals surface area contributed by atoms with Crippen LogP contribution in [-0.2, 0) is 14.3 Å². The Bertz CT molecular complexity index is 327. The Morgan fingerprint density at radius 1 is 1.35 bits per heavy atom. The highest BCUT2D eigenvalue weighted by atomic mass is 16.5. The topological polar surface area (TPSA) is 79.2 Å². The van der Waals surface area contributed by atoms with E-state index in [9.17, 15) is 9.59 Å². The molecule has 1 saturated carbocycles. The number of nitriles is 1. The molecule has 0 aliphatic heterocycles. The molecule has 1 N–H and O–H groups in total. The standard InChI is InChI=1S/C12H18N2O3/c1-2-17-11(16)8-10(15)14-12(9-13)6-4-3-5-7-12/h2-8H2,1H3,(H,14,15). The molecule has 0 radical (unpaired) electrons. The van der Waals surface area contributed by atoms with Crippen molar-refractivity contribution in [3.8, 4) is 6.07 Å². The van der Waals surface area contributed by atoms with Crippen LogP contribution in [0.2, 0.25) is 0 Å². The van der Waals surface area contributed by atoms with Crippen molar-refractivity contribution in [1.82, 2.24) is 5.32 Å². The van der Waals surface area contributed by atoms with Gasteiger partial charge in [-0.3, -0.25) is 9.59 Å². The zero-order valence-electron chi connectivity index (χ0n) is 10.1. The van der Waals surface area contributed by atoms with Gasteiger partial charge in [-0.05, 0) is 19.8 Å². The fraction of sp³-hybridized carbons (Fsp3) is 0.750. The lowest BCUT2D eigenvalue weighted by Crippen LogP contribution is -2.49. The Labute approximate surface area is 101 Å². The molecule has 5 heteroatoms. The Morgan fingerprint density at radius 3 is 2.53 bits per heavy atom. The highest BCUT2D eigenvalue weighted by Gasteiger charge is 2.33. The number of carbonyl (C=O) groups is 2. The summed E-state index contributed by atoms with van der Waals surface area (Å²) in [4.78, 5) is 22.7. The molecule has 94 valence electrons. The van der Waals surface area contributed by atoms with Crippen LogP contribution >= 0.6 is 0 Å². The molecule has 1 aliphatic carbocycles. The molecule has 17 heavy (non-hydrogen) atoms. The quantitative estimate of drug-likeness (QED) is 0.591. The number of ether oxygens (including phenoxy) is 1. The average molecular weight is 238 g/mol. The minimum atomic E-state index is -0.776. The van der Waals surface area contributed by atoms with E-state index in [4.69, 9.17) is 5.26 Å². The molecule has 0 aromatic carbocycles. The predicted molar refractivity (Wildman–Crippen MR) is 60.8 cm³/mol. The summed E-state index contributed by atoms with van der Waals surface area (Å²) in [6, 6.07) is 2.17. The Kier molecular flexibility index (Phi) is 4.95. The summed E-state index contributed by atoms with van der Waals surface area (Å²) in [7, 11) is 0. The van der Waals surface area contributed by atoms with Gasteiger partial charge in [0, 0.05) is 0 Å². The predicted octanol–water partition coefficient (Wildman–Crippen LogP) is 1.28. The van der Waals surface area contributed by atoms with Crippen LogP contribution in [0.3, 0.4) is 0 Å². The van der Waals surface area contributed by atoms with Gasteiger partial charge in [-0.2, -0.15) is 5.26 Å². The second-order valence-electron chi connectivity index (χ2n) is 4.28. The smallest absolute Gasteiger partial charge is 0.315 e. The van der Waals surface area contributed by atoms with Gasteiger partial charge in [0.2, 0.25) is 5.91 Å². The number of hydrogen-bond donors (Lipinski definition) is 1. The van der Waals surface area contributed by atoms with Crippen LogP contribution in [-0.4, -0.2) is 24.0 Å². The van der Waals surface area contributed by atoms with Gasteiger partial charge in [0.25, 0.3) is 0 Å². The molecule has 0 unspecified atom stereocenters. The van der Waals surface area contributed by atoms with Crippen LogP contribution in [0.4, 0.5) is 0 Å². The largest absolute Gasteiger partial charge is 0.466 e. The number of amides is 1. The van der Waals surface area contributed by atoms with Crippen molar-refractivity contribution < 1.29 is 14.3 Å². The number of carbonyl (C=O) groups excluding carboxylic acids is 2. The minimum Gasteiger partial charge on any atom is -0.466 e. The Morgan fingerprint density at radius 2 is 2.00 bits per heavy atom. The summed E-state index contributed by atoms with van der Waals surface area (Å²) < 4.78 is 4.69. The lowest BCUT2D eigenvalue weighted by atomic mass is 9.83. The fourth-order valence-electron chi connectivity index (χ4n) is 2.07. The van der Waals surface area contributed by atoms with E-state index in [0.717, 1.165) is 19.3 Å². The minimum absolute atomic E-state index is 0.259. The maximum atomic E-state index is 11.6. The van der Waals surface area contributed by atoms with Crippen LogP contribution in [0.15, 0.2) is 0 Å². The van der Waals surface area contributed by atoms with E-state index in [1.165, 1.54) is 0 Å². The van der Waals surface area contributed by atoms with Gasteiger partial charge in [-0.15, -0.1) is 0 Å². The van der Waals surface area contributed by atoms with E-state index < -0.39 is 17.4 Å². The van der Waals surface area contributed by atoms with Gasteiger partial charge in [0.05, 0.1) is 12.7 Å². The van der Waals surface area contributed by atoms with Crippen molar-refractivity contribution in [2.75, 3.05) is 6.61 Å². The van der Waals surface area contributed by atoms with Gasteiger partial charge in [-0.1, -0.05) is 19.3 Å². The van der Waals surface area contributed by atoms with Gasteiger partial charge >= 0.3 is 5.97 Å². The van der Waals surface area contributed by atoms with Crippen LogP contribution in [0.5, 0.6) is 0 Å². The van der Waals surface area contributed by atoms with Gasteiger partial charge in [-0.25, -0.2) is 0 Å². The summed E-state index contributed by atoms with van der Waals surface area (Å²) in [5.74, 6) is -0.971. The molecular weight excluding hydrogens is 220 g/mol. The molecule has 5 nitrogen and oxygen atoms in total. The highest BCUT2D eigenvalue weighted by molar-refractivity contribution is 5.94. The molecule has 0 aromatic rings. The molecule has 1 amide bonds. The SMILES string of the molecule is CCOC(=O)CC(=O)NC1(C#N)CCCCC1. The number of hydrogen-bond acceptors (Lipinski definition) is 4. The van der Waals surface area contributed by atoms with Gasteiger partial charge in [0.1, 0.15) is 12.0 Å². The zero-order chi connectivity index (χ0) is 12.7. The number of nitrogens with one attached hydrogen (secondary N) is 1. The summed E-state index contributed by atoms with van der Waals surface area (Å²) in [6.45, 7) is 1.95. The second-order valence-corrected chi connectivity index (χ2v) is 4.28. The molecule has 0 aromatic heterocycles. The van der Waals surface area contributed by atoms with Gasteiger partial charge < -0.3 is 10.1 Å². The molecule has 0 spiro atoms. The summed E-state index contributed by atoms with van der Waals surface area (Å²) in [5.41, 5.74) is -0.776. The van der Waals surface area contributed by atoms with Crippen molar-refractivity contribution in [2.24, 2.45) is 0 Å². The molecular formula is C12H18N2O3. The van der Waals surface area contributed by atoms with Crippen molar-refractivity contribution in [1.29, 1.82) is 5.26 Å². The number of nitrogens with zero attached hydrogens (tertiary/aromatic N) is 1. The molecule has 0 heterocycles. The first-order valence-electron chi connectivity index (χ1n) is 6.00. The average Bonchev–Trinajstić information content (AvgIpc) is 2.30. The third-order valence-electron chi connectivity index (χ3n) is 2.91. The van der Waals surface area contributed by atoms with Crippen LogP contribution in [0.25, 0.3) is 0 Å². The van der Waals surface area contributed by atoms with Gasteiger partial charge in [0.15, 0.2) is 0 Å². The van der Waals surface area contributed by atoms with Crippen molar-refractivity contribution in [2.45, 2.75) is 51.0 Å². The summed E-state index contributed by atoms with van der Waals surface area (Å²) in [6.07, 6.45) is 3.99. The number of esters is 1. The Hall–Kier alpha value is -1.57. The normalized spacial score (nSPS) is 17.9. The Balaban J connectivity index is 2.48. The lowest BCUT2D eigenvalue weighted by Gasteiger charge is -2.31. The first-order valence-corrected chi connectivity index (χ1v) is 6.00. The van der Waals surface area contributed by atoms with E-state index in [2.05, 4.69) is 16.1 Å². The zero-order valence-corrected chi connectivity index (χ0v) is 10.1. The molecule has 1 rings (SSSR count). The third kappa shape index (κ3) is 4.06. The van der Waals surface area contributed by atoms with E-state index in [1.807, 2.05) is 0 Å². The lowest BCUT2D eigenvalue weighted by molar-refractivity contribution is -0.146. The second kappa shape index (κ2) is 6.24. The van der Waals surface area contributed by atoms with Crippen LogP contribution in [0.1, 0.15) is 45.4 Å². The molecule has 0 bridgehead atoms. The van der Waals surface area contributed by atoms with Crippen molar-refractivity contribution >= 4 is 11.9 Å². The highest BCUT2D eigenvalue weighted by Crippen LogP contribution is 2.27. The van der Waals surface area contributed by atoms with E-state index in [-0.39, 0.29) is 13.0 Å². The number of rotatable bonds is 4. The van der Waals surface area contributed by atoms with Crippen LogP contribution < -0.4 is 5.32 Å². The van der Waals surface area contributed by atoms with Crippen molar-refractivity contribution in [3.05, 3.63) is 0 Å².